The van der Waals surface area contributed by atoms with Gasteiger partial charge in [0.1, 0.15) is 12.8 Å². The van der Waals surface area contributed by atoms with Crippen molar-refractivity contribution in [2.75, 3.05) is 6.54 Å². The largest absolute Gasteiger partial charge is 0.369 e. The first-order chi connectivity index (χ1) is 7.85. The SMILES string of the molecule is CCN(OC(=O)CC(N)=O)OC(=O)CC(N)=O.Cl. The van der Waals surface area contributed by atoms with Gasteiger partial charge in [-0.2, -0.15) is 0 Å². The molecule has 0 aliphatic carbocycles. The molecule has 0 aromatic rings. The molecule has 0 heterocycles. The van der Waals surface area contributed by atoms with Crippen molar-refractivity contribution in [3.63, 3.8) is 0 Å². The summed E-state index contributed by atoms with van der Waals surface area (Å²) in [5.41, 5.74) is 9.50. The maximum Gasteiger partial charge on any atom is 0.338 e. The zero-order chi connectivity index (χ0) is 13.4. The number of primary amides is 2. The molecule has 0 aromatic heterocycles. The van der Waals surface area contributed by atoms with Gasteiger partial charge in [-0.15, -0.1) is 12.4 Å². The summed E-state index contributed by atoms with van der Waals surface area (Å²) >= 11 is 0. The van der Waals surface area contributed by atoms with Crippen molar-refractivity contribution in [3.8, 4) is 0 Å². The number of hydroxylamine groups is 2. The zero-order valence-electron chi connectivity index (χ0n) is 9.58. The average molecular weight is 284 g/mol. The van der Waals surface area contributed by atoms with Gasteiger partial charge in [-0.25, -0.2) is 9.59 Å². The van der Waals surface area contributed by atoms with Gasteiger partial charge in [0.15, 0.2) is 0 Å². The number of carbonyl (C=O) groups excluding carboxylic acids is 4. The first-order valence-electron chi connectivity index (χ1n) is 4.60. The Kier molecular flexibility index (Phi) is 9.44. The molecule has 0 saturated carbocycles. The van der Waals surface area contributed by atoms with Crippen molar-refractivity contribution in [1.29, 1.82) is 0 Å². The number of rotatable bonds is 7. The highest BCUT2D eigenvalue weighted by Crippen LogP contribution is 1.98. The molecule has 0 aromatic carbocycles. The van der Waals surface area contributed by atoms with Crippen molar-refractivity contribution in [2.45, 2.75) is 19.8 Å². The highest BCUT2D eigenvalue weighted by atomic mass is 35.5. The van der Waals surface area contributed by atoms with E-state index in [0.29, 0.717) is 5.23 Å². The van der Waals surface area contributed by atoms with Gasteiger partial charge in [-0.3, -0.25) is 9.59 Å². The lowest BCUT2D eigenvalue weighted by Gasteiger charge is -2.16. The molecular weight excluding hydrogens is 270 g/mol. The minimum Gasteiger partial charge on any atom is -0.369 e. The van der Waals surface area contributed by atoms with Crippen molar-refractivity contribution in [2.24, 2.45) is 11.5 Å². The lowest BCUT2D eigenvalue weighted by molar-refractivity contribution is -0.322. The third kappa shape index (κ3) is 9.36. The summed E-state index contributed by atoms with van der Waals surface area (Å²) < 4.78 is 0. The summed E-state index contributed by atoms with van der Waals surface area (Å²) in [6.45, 7) is 1.52. The van der Waals surface area contributed by atoms with E-state index in [4.69, 9.17) is 11.5 Å². The zero-order valence-corrected chi connectivity index (χ0v) is 10.4. The third-order valence-corrected chi connectivity index (χ3v) is 1.30. The van der Waals surface area contributed by atoms with Gasteiger partial charge >= 0.3 is 11.9 Å². The van der Waals surface area contributed by atoms with E-state index in [1.807, 2.05) is 0 Å². The lowest BCUT2D eigenvalue weighted by atomic mass is 10.4. The normalized spacial score (nSPS) is 9.22. The third-order valence-electron chi connectivity index (χ3n) is 1.30. The summed E-state index contributed by atoms with van der Waals surface area (Å²) in [6.07, 6.45) is -1.30. The predicted octanol–water partition coefficient (Wildman–Crippen LogP) is -1.60. The van der Waals surface area contributed by atoms with E-state index < -0.39 is 36.6 Å². The standard InChI is InChI=1S/C8H13N3O6.ClH/c1-2-11(16-7(14)3-5(9)12)17-8(15)4-6(10)13;/h2-4H2,1H3,(H2,9,12)(H2,10,13);1H. The van der Waals surface area contributed by atoms with Gasteiger partial charge < -0.3 is 21.1 Å². The van der Waals surface area contributed by atoms with Crippen LogP contribution in [0.2, 0.25) is 0 Å². The second kappa shape index (κ2) is 9.19. The molecule has 18 heavy (non-hydrogen) atoms. The van der Waals surface area contributed by atoms with Crippen molar-refractivity contribution >= 4 is 36.2 Å². The van der Waals surface area contributed by atoms with E-state index in [1.165, 1.54) is 6.92 Å². The lowest BCUT2D eigenvalue weighted by Crippen LogP contribution is -2.33. The van der Waals surface area contributed by atoms with Crippen LogP contribution in [0.15, 0.2) is 0 Å². The van der Waals surface area contributed by atoms with E-state index in [2.05, 4.69) is 9.68 Å². The van der Waals surface area contributed by atoms with Crippen molar-refractivity contribution in [3.05, 3.63) is 0 Å². The second-order valence-electron chi connectivity index (χ2n) is 2.86. The van der Waals surface area contributed by atoms with E-state index in [1.54, 1.807) is 0 Å². The molecule has 104 valence electrons. The van der Waals surface area contributed by atoms with Crippen LogP contribution in [0.1, 0.15) is 19.8 Å². The fourth-order valence-electron chi connectivity index (χ4n) is 0.724. The summed E-state index contributed by atoms with van der Waals surface area (Å²) in [5, 5.41) is 0.524. The first kappa shape index (κ1) is 18.5. The van der Waals surface area contributed by atoms with Crippen LogP contribution in [-0.4, -0.2) is 35.5 Å². The fraction of sp³-hybridized carbons (Fsp3) is 0.500. The Morgan fingerprint density at radius 3 is 1.50 bits per heavy atom. The van der Waals surface area contributed by atoms with Crippen LogP contribution in [0.4, 0.5) is 0 Å². The van der Waals surface area contributed by atoms with E-state index in [-0.39, 0.29) is 19.0 Å². The fourth-order valence-corrected chi connectivity index (χ4v) is 0.724. The quantitative estimate of drug-likeness (QED) is 0.423. The summed E-state index contributed by atoms with van der Waals surface area (Å²) in [7, 11) is 0. The smallest absolute Gasteiger partial charge is 0.338 e. The molecule has 0 unspecified atom stereocenters. The Balaban J connectivity index is 0. The predicted molar refractivity (Wildman–Crippen MR) is 59.4 cm³/mol. The number of carbonyl (C=O) groups is 4. The molecule has 0 aliphatic heterocycles. The Hall–Kier alpha value is -1.87. The van der Waals surface area contributed by atoms with Gasteiger partial charge in [0.25, 0.3) is 0 Å². The Labute approximate surface area is 109 Å². The molecule has 0 aliphatic rings. The van der Waals surface area contributed by atoms with Crippen LogP contribution in [0, 0.1) is 0 Å². The molecule has 0 saturated heterocycles. The molecule has 0 spiro atoms. The number of nitrogens with zero attached hydrogens (tertiary/aromatic N) is 1. The number of hydrogen-bond acceptors (Lipinski definition) is 7. The number of hydrogen-bond donors (Lipinski definition) is 2. The van der Waals surface area contributed by atoms with Gasteiger partial charge in [0.2, 0.25) is 11.8 Å². The van der Waals surface area contributed by atoms with Crippen LogP contribution in [-0.2, 0) is 28.9 Å². The Morgan fingerprint density at radius 2 is 1.28 bits per heavy atom. The Bertz CT molecular complexity index is 305. The maximum absolute atomic E-state index is 11.0. The molecule has 0 bridgehead atoms. The first-order valence-corrected chi connectivity index (χ1v) is 4.60. The van der Waals surface area contributed by atoms with E-state index in [0.717, 1.165) is 0 Å². The molecule has 0 fully saturated rings. The van der Waals surface area contributed by atoms with Crippen LogP contribution in [0.5, 0.6) is 0 Å². The van der Waals surface area contributed by atoms with Gasteiger partial charge in [-0.1, -0.05) is 0 Å². The minimum absolute atomic E-state index is 0. The van der Waals surface area contributed by atoms with E-state index >= 15 is 0 Å². The summed E-state index contributed by atoms with van der Waals surface area (Å²) in [5.74, 6) is -3.72. The summed E-state index contributed by atoms with van der Waals surface area (Å²) in [4.78, 5) is 51.6. The molecular formula is C8H14ClN3O6. The highest BCUT2D eigenvalue weighted by molar-refractivity contribution is 5.94. The maximum atomic E-state index is 11.0. The molecule has 4 N–H and O–H groups in total. The van der Waals surface area contributed by atoms with Crippen LogP contribution < -0.4 is 11.5 Å². The van der Waals surface area contributed by atoms with Crippen molar-refractivity contribution < 1.29 is 28.9 Å². The van der Waals surface area contributed by atoms with Crippen LogP contribution in [0.25, 0.3) is 0 Å². The van der Waals surface area contributed by atoms with Crippen LogP contribution in [0.3, 0.4) is 0 Å². The topological polar surface area (TPSA) is 142 Å². The summed E-state index contributed by atoms with van der Waals surface area (Å²) in [6, 6.07) is 0. The molecule has 0 radical (unpaired) electrons. The number of nitrogens with two attached hydrogens (primary N) is 2. The average Bonchev–Trinajstić information content (AvgIpc) is 2.13. The number of halogens is 1. The molecule has 0 atom stereocenters. The van der Waals surface area contributed by atoms with Gasteiger partial charge in [-0.05, 0) is 6.92 Å². The second-order valence-corrected chi connectivity index (χ2v) is 2.86. The molecule has 0 rings (SSSR count). The highest BCUT2D eigenvalue weighted by Gasteiger charge is 2.18. The number of amides is 2. The van der Waals surface area contributed by atoms with Gasteiger partial charge in [0, 0.05) is 5.23 Å². The Morgan fingerprint density at radius 1 is 0.944 bits per heavy atom. The minimum atomic E-state index is -0.980. The van der Waals surface area contributed by atoms with E-state index in [9.17, 15) is 19.2 Å². The monoisotopic (exact) mass is 283 g/mol. The van der Waals surface area contributed by atoms with Gasteiger partial charge in [0.05, 0.1) is 6.54 Å². The molecule has 2 amide bonds. The van der Waals surface area contributed by atoms with Crippen LogP contribution >= 0.6 is 12.4 Å². The van der Waals surface area contributed by atoms with Crippen molar-refractivity contribution in [1.82, 2.24) is 5.23 Å². The molecule has 9 nitrogen and oxygen atoms in total. The molecule has 10 heteroatoms.